The monoisotopic (exact) mass is 710 g/mol. The van der Waals surface area contributed by atoms with E-state index in [0.29, 0.717) is 0 Å². The predicted molar refractivity (Wildman–Crippen MR) is 205 cm³/mol. The lowest BCUT2D eigenvalue weighted by molar-refractivity contribution is 0.0143. The molecule has 0 amide bonds. The Labute approximate surface area is 303 Å². The summed E-state index contributed by atoms with van der Waals surface area (Å²) in [5.74, 6) is 9.95. The zero-order valence-electron chi connectivity index (χ0n) is 30.9. The summed E-state index contributed by atoms with van der Waals surface area (Å²) in [5.41, 5.74) is 0. The van der Waals surface area contributed by atoms with E-state index in [9.17, 15) is 0 Å². The van der Waals surface area contributed by atoms with Crippen LogP contribution in [-0.4, -0.2) is 20.6 Å². The van der Waals surface area contributed by atoms with E-state index in [1.165, 1.54) is 165 Å². The molecule has 4 heteroatoms. The average molecular weight is 711 g/mol. The Morgan fingerprint density at radius 2 is 0.440 bits per heavy atom. The number of rotatable bonds is 6. The third-order valence-corrected chi connectivity index (χ3v) is 29.9. The molecule has 0 radical (unpaired) electrons. The van der Waals surface area contributed by atoms with Crippen LogP contribution in [0, 0.1) is 71.0 Å². The molecule has 0 aromatic heterocycles. The molecule has 1 aromatic carbocycles. The summed E-state index contributed by atoms with van der Waals surface area (Å²) in [6.45, 7) is 0. The van der Waals surface area contributed by atoms with Gasteiger partial charge in [0.05, 0.1) is 0 Å². The molecule has 2 nitrogen and oxygen atoms in total. The molecule has 0 spiro atoms. The van der Waals surface area contributed by atoms with Crippen molar-refractivity contribution in [3.05, 3.63) is 24.3 Å². The maximum atomic E-state index is 17.3. The summed E-state index contributed by atoms with van der Waals surface area (Å²) in [7, 11) is -5.50. The first-order chi connectivity index (χ1) is 24.1. The van der Waals surface area contributed by atoms with Crippen LogP contribution < -0.4 is 10.6 Å². The van der Waals surface area contributed by atoms with Gasteiger partial charge in [-0.3, -0.25) is 0 Å². The second-order valence-electron chi connectivity index (χ2n) is 23.3. The molecule has 1 aromatic rings. The lowest BCUT2D eigenvalue weighted by atomic mass is 9.55. The highest BCUT2D eigenvalue weighted by atomic mass is 31.2. The fraction of sp³-hybridized carbons (Fsp3) is 0.870. The lowest BCUT2D eigenvalue weighted by Crippen LogP contribution is -2.60. The summed E-state index contributed by atoms with van der Waals surface area (Å²) < 4.78 is 34.5. The van der Waals surface area contributed by atoms with E-state index >= 15 is 9.13 Å². The van der Waals surface area contributed by atoms with Gasteiger partial charge in [-0.15, -0.1) is 0 Å². The molecule has 50 heavy (non-hydrogen) atoms. The molecule has 16 aliphatic rings. The van der Waals surface area contributed by atoms with Gasteiger partial charge >= 0.3 is 0 Å². The predicted octanol–water partition coefficient (Wildman–Crippen LogP) is 11.5. The van der Waals surface area contributed by atoms with Crippen LogP contribution in [0.4, 0.5) is 0 Å². The van der Waals surface area contributed by atoms with Crippen molar-refractivity contribution >= 4 is 24.9 Å². The second-order valence-corrected chi connectivity index (χ2v) is 30.6. The summed E-state index contributed by atoms with van der Waals surface area (Å²) >= 11 is 0. The van der Waals surface area contributed by atoms with Crippen LogP contribution in [0.15, 0.2) is 24.3 Å². The van der Waals surface area contributed by atoms with Gasteiger partial charge in [-0.1, -0.05) is 24.3 Å². The quantitative estimate of drug-likeness (QED) is 0.276. The van der Waals surface area contributed by atoms with Crippen molar-refractivity contribution in [2.45, 2.75) is 175 Å². The van der Waals surface area contributed by atoms with Gasteiger partial charge in [0, 0.05) is 31.2 Å². The van der Waals surface area contributed by atoms with Gasteiger partial charge in [0.15, 0.2) is 0 Å². The first kappa shape index (κ1) is 30.9. The second kappa shape index (κ2) is 9.91. The zero-order chi connectivity index (χ0) is 32.9. The lowest BCUT2D eigenvalue weighted by Gasteiger charge is -2.67. The van der Waals surface area contributed by atoms with E-state index < -0.39 is 14.3 Å². The molecule has 16 fully saturated rings. The fourth-order valence-corrected chi connectivity index (χ4v) is 32.3. The molecule has 16 bridgehead atoms. The van der Waals surface area contributed by atoms with Crippen LogP contribution in [0.5, 0.6) is 0 Å². The number of hydrogen-bond donors (Lipinski definition) is 0. The Kier molecular flexibility index (Phi) is 6.13. The van der Waals surface area contributed by atoms with Crippen LogP contribution in [0.3, 0.4) is 0 Å². The van der Waals surface area contributed by atoms with E-state index in [-0.39, 0.29) is 20.6 Å². The first-order valence-corrected chi connectivity index (χ1v) is 25.9. The van der Waals surface area contributed by atoms with Crippen LogP contribution in [0.2, 0.25) is 0 Å². The van der Waals surface area contributed by atoms with Gasteiger partial charge in [-0.05, 0) is 225 Å². The van der Waals surface area contributed by atoms with Crippen LogP contribution >= 0.6 is 14.3 Å². The molecule has 0 atom stereocenters. The molecule has 0 heterocycles. The van der Waals surface area contributed by atoms with Crippen molar-refractivity contribution in [2.24, 2.45) is 71.0 Å². The van der Waals surface area contributed by atoms with Gasteiger partial charge in [0.1, 0.15) is 14.3 Å². The molecule has 16 aliphatic carbocycles. The maximum Gasteiger partial charge on any atom is 0.127 e. The molecule has 0 saturated heterocycles. The molecule has 16 saturated carbocycles. The molecular formula is C46H64O2P2. The Morgan fingerprint density at radius 3 is 0.580 bits per heavy atom. The number of benzene rings is 1. The first-order valence-electron chi connectivity index (χ1n) is 22.5. The van der Waals surface area contributed by atoms with E-state index in [1.54, 1.807) is 0 Å². The maximum absolute atomic E-state index is 17.3. The Bertz CT molecular complexity index is 1350. The summed E-state index contributed by atoms with van der Waals surface area (Å²) in [6, 6.07) is 9.89. The fourth-order valence-electron chi connectivity index (χ4n) is 20.8. The van der Waals surface area contributed by atoms with Crippen molar-refractivity contribution in [1.82, 2.24) is 0 Å². The summed E-state index contributed by atoms with van der Waals surface area (Å²) in [4.78, 5) is 0. The molecule has 0 aliphatic heterocycles. The molecule has 0 unspecified atom stereocenters. The van der Waals surface area contributed by atoms with Gasteiger partial charge in [0.2, 0.25) is 0 Å². The smallest absolute Gasteiger partial charge is 0.127 e. The Hall–Kier alpha value is -0.320. The standard InChI is InChI=1S/C46H64O2P2/c47-49(43-17-29-5-30(18-43)7-31(6-29)19-43,44-20-32-8-33(21-44)10-34(9-32)22-44)41-1-2-42(4-3-41)50(48,45-23-35-11-36(24-45)13-37(12-35)25-45)46-26-38-14-39(27-46)16-40(15-38)28-46/h1-4,29-40H,5-28H2. The normalized spacial score (nSPS) is 58.1. The van der Waals surface area contributed by atoms with Crippen molar-refractivity contribution in [2.75, 3.05) is 0 Å². The Morgan fingerprint density at radius 1 is 0.300 bits per heavy atom. The van der Waals surface area contributed by atoms with E-state index in [2.05, 4.69) is 24.3 Å². The molecule has 0 N–H and O–H groups in total. The highest BCUT2D eigenvalue weighted by molar-refractivity contribution is 7.75. The van der Waals surface area contributed by atoms with E-state index in [4.69, 9.17) is 0 Å². The minimum atomic E-state index is -2.75. The third kappa shape index (κ3) is 3.78. The van der Waals surface area contributed by atoms with Gasteiger partial charge in [-0.2, -0.15) is 0 Å². The van der Waals surface area contributed by atoms with Gasteiger partial charge < -0.3 is 9.13 Å². The average Bonchev–Trinajstić information content (AvgIpc) is 3.05. The van der Waals surface area contributed by atoms with Crippen molar-refractivity contribution in [3.63, 3.8) is 0 Å². The van der Waals surface area contributed by atoms with Crippen LogP contribution in [0.25, 0.3) is 0 Å². The van der Waals surface area contributed by atoms with Crippen LogP contribution in [0.1, 0.15) is 154 Å². The molecular weight excluding hydrogens is 646 g/mol. The largest absolute Gasteiger partial charge is 0.317 e. The Balaban J connectivity index is 0.974. The van der Waals surface area contributed by atoms with Crippen molar-refractivity contribution in [3.8, 4) is 0 Å². The highest BCUT2D eigenvalue weighted by Gasteiger charge is 2.71. The minimum absolute atomic E-state index is 0.0541. The van der Waals surface area contributed by atoms with Crippen molar-refractivity contribution < 1.29 is 9.13 Å². The highest BCUT2D eigenvalue weighted by Crippen LogP contribution is 2.84. The van der Waals surface area contributed by atoms with Gasteiger partial charge in [0.25, 0.3) is 0 Å². The van der Waals surface area contributed by atoms with Crippen molar-refractivity contribution in [1.29, 1.82) is 0 Å². The molecule has 270 valence electrons. The van der Waals surface area contributed by atoms with Crippen LogP contribution in [-0.2, 0) is 9.13 Å². The van der Waals surface area contributed by atoms with Gasteiger partial charge in [-0.25, -0.2) is 0 Å². The third-order valence-electron chi connectivity index (χ3n) is 20.3. The zero-order valence-corrected chi connectivity index (χ0v) is 32.7. The van der Waals surface area contributed by atoms with E-state index in [1.807, 2.05) is 0 Å². The summed E-state index contributed by atoms with van der Waals surface area (Å²) in [6.07, 6.45) is 32.3. The summed E-state index contributed by atoms with van der Waals surface area (Å²) in [5, 5.41) is 2.79. The minimum Gasteiger partial charge on any atom is -0.317 e. The van der Waals surface area contributed by atoms with E-state index in [0.717, 1.165) is 71.0 Å². The topological polar surface area (TPSA) is 34.1 Å². The SMILES string of the molecule is O=P(c1ccc(P(=O)(C23CC4CC(CC(C4)C2)C3)C23CC4CC(CC(C4)C2)C3)cc1)(C12CC3CC(CC(C3)C1)C2)C12CC3CC(CC(C3)C1)C2. The molecule has 17 rings (SSSR count). The number of hydrogen-bond acceptors (Lipinski definition) is 2.